The summed E-state index contributed by atoms with van der Waals surface area (Å²) in [5.74, 6) is -1.44. The van der Waals surface area contributed by atoms with Gasteiger partial charge in [0.1, 0.15) is 0 Å². The average Bonchev–Trinajstić information content (AvgIpc) is 3.34. The zero-order valence-electron chi connectivity index (χ0n) is 25.1. The fourth-order valence-corrected chi connectivity index (χ4v) is 5.73. The first kappa shape index (κ1) is 34.4. The van der Waals surface area contributed by atoms with Crippen LogP contribution in [0.3, 0.4) is 0 Å². The average molecular weight is 688 g/mol. The topological polar surface area (TPSA) is 100 Å². The number of rotatable bonds is 7. The predicted molar refractivity (Wildman–Crippen MR) is 152 cm³/mol. The van der Waals surface area contributed by atoms with Crippen molar-refractivity contribution in [3.63, 3.8) is 0 Å². The van der Waals surface area contributed by atoms with Crippen molar-refractivity contribution >= 4 is 17.6 Å². The van der Waals surface area contributed by atoms with E-state index in [0.29, 0.717) is 24.1 Å². The van der Waals surface area contributed by atoms with Crippen LogP contribution < -0.4 is 9.80 Å². The second kappa shape index (κ2) is 12.6. The van der Waals surface area contributed by atoms with Gasteiger partial charge in [0, 0.05) is 37.7 Å². The summed E-state index contributed by atoms with van der Waals surface area (Å²) in [5.41, 5.74) is -4.00. The van der Waals surface area contributed by atoms with Crippen LogP contribution >= 0.6 is 0 Å². The normalized spacial score (nSPS) is 15.6. The standard InChI is InChI=1S/C30H26F9N7O2/c1-16-6-22-24(4-3-5-45(25(22)11-23(16)30(37,38)39)14-18-7-19(26(47)48)13-40-12-18)46(27-41-43-44(2)42-27)15-17-8-20(28(31,32)33)10-21(9-17)29(34,35)36/h6-13,24H,3-5,14-15H2,1-2H3,(H,47,48)/t24-/m0/s1. The number of aromatic nitrogens is 5. The molecule has 0 radical (unpaired) electrons. The van der Waals surface area contributed by atoms with Gasteiger partial charge in [-0.2, -0.15) is 44.3 Å². The zero-order chi connectivity index (χ0) is 35.2. The van der Waals surface area contributed by atoms with E-state index in [1.165, 1.54) is 37.2 Å². The molecular formula is C30H26F9N7O2. The Balaban J connectivity index is 1.67. The van der Waals surface area contributed by atoms with Crippen molar-refractivity contribution in [1.82, 2.24) is 25.2 Å². The molecule has 0 saturated heterocycles. The first-order chi connectivity index (χ1) is 22.3. The van der Waals surface area contributed by atoms with Crippen LogP contribution in [0.4, 0.5) is 51.1 Å². The largest absolute Gasteiger partial charge is 0.478 e. The van der Waals surface area contributed by atoms with Crippen LogP contribution in [0.5, 0.6) is 0 Å². The maximum Gasteiger partial charge on any atom is 0.416 e. The van der Waals surface area contributed by atoms with Crippen molar-refractivity contribution < 1.29 is 49.4 Å². The van der Waals surface area contributed by atoms with Gasteiger partial charge in [-0.05, 0) is 77.6 Å². The van der Waals surface area contributed by atoms with Crippen molar-refractivity contribution in [3.8, 4) is 0 Å². The minimum absolute atomic E-state index is 0.00345. The highest BCUT2D eigenvalue weighted by molar-refractivity contribution is 5.87. The highest BCUT2D eigenvalue weighted by Crippen LogP contribution is 2.44. The number of benzene rings is 2. The minimum atomic E-state index is -5.11. The first-order valence-electron chi connectivity index (χ1n) is 14.2. The van der Waals surface area contributed by atoms with Gasteiger partial charge in [0.2, 0.25) is 0 Å². The van der Waals surface area contributed by atoms with Crippen LogP contribution in [-0.2, 0) is 38.7 Å². The van der Waals surface area contributed by atoms with E-state index in [-0.39, 0.29) is 53.9 Å². The quantitative estimate of drug-likeness (QED) is 0.204. The molecule has 0 amide bonds. The lowest BCUT2D eigenvalue weighted by Gasteiger charge is -2.33. The number of aromatic carboxylic acids is 1. The van der Waals surface area contributed by atoms with Gasteiger partial charge >= 0.3 is 24.5 Å². The second-order valence-corrected chi connectivity index (χ2v) is 11.3. The summed E-state index contributed by atoms with van der Waals surface area (Å²) in [6.45, 7) is 0.751. The summed E-state index contributed by atoms with van der Waals surface area (Å²) in [5, 5.41) is 21.3. The number of carbonyl (C=O) groups is 1. The fourth-order valence-electron chi connectivity index (χ4n) is 5.73. The molecule has 1 aliphatic rings. The summed E-state index contributed by atoms with van der Waals surface area (Å²) < 4.78 is 125. The number of hydrogen-bond donors (Lipinski definition) is 1. The van der Waals surface area contributed by atoms with E-state index in [4.69, 9.17) is 0 Å². The molecule has 48 heavy (non-hydrogen) atoms. The van der Waals surface area contributed by atoms with E-state index in [0.717, 1.165) is 17.1 Å². The molecule has 9 nitrogen and oxygen atoms in total. The van der Waals surface area contributed by atoms with Gasteiger partial charge in [-0.1, -0.05) is 11.2 Å². The van der Waals surface area contributed by atoms with Crippen LogP contribution in [0.1, 0.15) is 68.2 Å². The van der Waals surface area contributed by atoms with Crippen molar-refractivity contribution in [3.05, 3.63) is 93.3 Å². The third-order valence-electron chi connectivity index (χ3n) is 7.83. The molecule has 256 valence electrons. The summed E-state index contributed by atoms with van der Waals surface area (Å²) >= 11 is 0. The molecule has 0 unspecified atom stereocenters. The summed E-state index contributed by atoms with van der Waals surface area (Å²) in [6, 6.07) is 3.76. The van der Waals surface area contributed by atoms with E-state index in [2.05, 4.69) is 20.4 Å². The molecule has 3 heterocycles. The molecule has 5 rings (SSSR count). The number of aryl methyl sites for hydroxylation is 2. The SMILES string of the molecule is Cc1cc2c(cc1C(F)(F)F)N(Cc1cncc(C(=O)O)c1)CCC[C@@H]2N(Cc1cc(C(F)(F)F)cc(C(F)(F)F)c1)c1nnn(C)n1. The number of carboxylic acid groups (broad SMARTS) is 1. The highest BCUT2D eigenvalue weighted by Gasteiger charge is 2.39. The Hall–Kier alpha value is -4.90. The summed E-state index contributed by atoms with van der Waals surface area (Å²) in [7, 11) is 1.39. The van der Waals surface area contributed by atoms with Gasteiger partial charge in [0.05, 0.1) is 35.3 Å². The van der Waals surface area contributed by atoms with Crippen LogP contribution in [0.25, 0.3) is 0 Å². The van der Waals surface area contributed by atoms with E-state index in [1.54, 1.807) is 4.90 Å². The van der Waals surface area contributed by atoms with Crippen molar-refractivity contribution in [1.29, 1.82) is 0 Å². The lowest BCUT2D eigenvalue weighted by molar-refractivity contribution is -0.143. The maximum atomic E-state index is 14.2. The van der Waals surface area contributed by atoms with E-state index >= 15 is 0 Å². The molecule has 4 aromatic rings. The molecular weight excluding hydrogens is 661 g/mol. The molecule has 0 spiro atoms. The molecule has 2 aromatic carbocycles. The third-order valence-corrected chi connectivity index (χ3v) is 7.83. The Labute approximate surface area is 266 Å². The molecule has 0 fully saturated rings. The maximum absolute atomic E-state index is 14.2. The van der Waals surface area contributed by atoms with Gasteiger partial charge < -0.3 is 14.9 Å². The number of halogens is 9. The molecule has 0 saturated carbocycles. The molecule has 1 aliphatic heterocycles. The summed E-state index contributed by atoms with van der Waals surface area (Å²) in [4.78, 5) is 19.4. The van der Waals surface area contributed by atoms with Gasteiger partial charge in [0.15, 0.2) is 0 Å². The van der Waals surface area contributed by atoms with Gasteiger partial charge in [0.25, 0.3) is 5.95 Å². The number of anilines is 2. The summed E-state index contributed by atoms with van der Waals surface area (Å²) in [6.07, 6.45) is -12.0. The number of alkyl halides is 9. The Kier molecular flexibility index (Phi) is 9.05. The number of pyridine rings is 1. The molecule has 1 N–H and O–H groups in total. The zero-order valence-corrected chi connectivity index (χ0v) is 25.1. The molecule has 2 aromatic heterocycles. The number of carboxylic acids is 1. The van der Waals surface area contributed by atoms with Gasteiger partial charge in [-0.25, -0.2) is 4.79 Å². The first-order valence-corrected chi connectivity index (χ1v) is 14.2. The Morgan fingerprint density at radius 2 is 1.58 bits per heavy atom. The van der Waals surface area contributed by atoms with Crippen LogP contribution in [0, 0.1) is 6.92 Å². The monoisotopic (exact) mass is 687 g/mol. The fraction of sp³-hybridized carbons (Fsp3) is 0.367. The Morgan fingerprint density at radius 3 is 2.15 bits per heavy atom. The van der Waals surface area contributed by atoms with E-state index in [1.807, 2.05) is 0 Å². The smallest absolute Gasteiger partial charge is 0.416 e. The van der Waals surface area contributed by atoms with E-state index in [9.17, 15) is 49.4 Å². The number of hydrogen-bond acceptors (Lipinski definition) is 7. The van der Waals surface area contributed by atoms with Crippen LogP contribution in [0.15, 0.2) is 48.8 Å². The van der Waals surface area contributed by atoms with Gasteiger partial charge in [-0.15, -0.1) is 5.10 Å². The van der Waals surface area contributed by atoms with Crippen molar-refractivity contribution in [2.45, 2.75) is 57.4 Å². The van der Waals surface area contributed by atoms with Gasteiger partial charge in [-0.3, -0.25) is 4.98 Å². The molecule has 0 aliphatic carbocycles. The predicted octanol–water partition coefficient (Wildman–Crippen LogP) is 7.22. The van der Waals surface area contributed by atoms with Crippen LogP contribution in [-0.4, -0.2) is 42.8 Å². The Morgan fingerprint density at radius 1 is 0.917 bits per heavy atom. The van der Waals surface area contributed by atoms with E-state index < -0.39 is 59.3 Å². The third kappa shape index (κ3) is 7.46. The Bertz CT molecular complexity index is 1790. The molecule has 18 heteroatoms. The minimum Gasteiger partial charge on any atom is -0.478 e. The van der Waals surface area contributed by atoms with Crippen molar-refractivity contribution in [2.75, 3.05) is 16.3 Å². The van der Waals surface area contributed by atoms with Crippen LogP contribution in [0.2, 0.25) is 0 Å². The highest BCUT2D eigenvalue weighted by atomic mass is 19.4. The molecule has 1 atom stereocenters. The second-order valence-electron chi connectivity index (χ2n) is 11.3. The lowest BCUT2D eigenvalue weighted by Crippen LogP contribution is -2.30. The number of nitrogens with zero attached hydrogens (tertiary/aromatic N) is 7. The number of fused-ring (bicyclic) bond motifs is 1. The lowest BCUT2D eigenvalue weighted by atomic mass is 9.94. The van der Waals surface area contributed by atoms with Crippen molar-refractivity contribution in [2.24, 2.45) is 7.05 Å². The molecule has 0 bridgehead atoms. The number of tetrazole rings is 1.